The predicted octanol–water partition coefficient (Wildman–Crippen LogP) is 0.987. The van der Waals surface area contributed by atoms with Gasteiger partial charge in [0.1, 0.15) is 0 Å². The van der Waals surface area contributed by atoms with Crippen LogP contribution in [0.4, 0.5) is 11.4 Å². The van der Waals surface area contributed by atoms with E-state index < -0.39 is 10.0 Å². The molecule has 18 heavy (non-hydrogen) atoms. The van der Waals surface area contributed by atoms with E-state index in [2.05, 4.69) is 22.3 Å². The number of nitrogens with two attached hydrogens (primary N) is 1. The van der Waals surface area contributed by atoms with Crippen molar-refractivity contribution in [3.63, 3.8) is 0 Å². The van der Waals surface area contributed by atoms with Crippen LogP contribution in [0.2, 0.25) is 0 Å². The average Bonchev–Trinajstić information content (AvgIpc) is 2.82. The molecule has 1 aromatic carbocycles. The van der Waals surface area contributed by atoms with Gasteiger partial charge in [-0.3, -0.25) is 0 Å². The molecule has 0 unspecified atom stereocenters. The Morgan fingerprint density at radius 3 is 2.33 bits per heavy atom. The Bertz CT molecular complexity index is 479. The maximum Gasteiger partial charge on any atom is 0.210 e. The first kappa shape index (κ1) is 13.2. The van der Waals surface area contributed by atoms with Crippen molar-refractivity contribution in [1.82, 2.24) is 0 Å². The summed E-state index contributed by atoms with van der Waals surface area (Å²) in [6.07, 6.45) is 2.52. The van der Waals surface area contributed by atoms with Gasteiger partial charge in [0.2, 0.25) is 10.0 Å². The number of nitrogens with one attached hydrogen (secondary N) is 1. The lowest BCUT2D eigenvalue weighted by atomic mass is 10.2. The van der Waals surface area contributed by atoms with Crippen LogP contribution in [0, 0.1) is 0 Å². The molecule has 0 amide bonds. The molecule has 1 saturated heterocycles. The van der Waals surface area contributed by atoms with Gasteiger partial charge in [-0.15, -0.1) is 0 Å². The Morgan fingerprint density at radius 1 is 1.17 bits per heavy atom. The highest BCUT2D eigenvalue weighted by Crippen LogP contribution is 2.21. The van der Waals surface area contributed by atoms with E-state index in [9.17, 15) is 8.42 Å². The van der Waals surface area contributed by atoms with E-state index in [1.807, 2.05) is 12.1 Å². The van der Waals surface area contributed by atoms with Crippen LogP contribution >= 0.6 is 0 Å². The molecule has 1 fully saturated rings. The Hall–Kier alpha value is -1.27. The van der Waals surface area contributed by atoms with Gasteiger partial charge in [-0.05, 0) is 37.1 Å². The predicted molar refractivity (Wildman–Crippen MR) is 74.4 cm³/mol. The van der Waals surface area contributed by atoms with E-state index >= 15 is 0 Å². The van der Waals surface area contributed by atoms with Gasteiger partial charge in [0.25, 0.3) is 0 Å². The Morgan fingerprint density at radius 2 is 1.78 bits per heavy atom. The third-order valence-corrected chi connectivity index (χ3v) is 3.83. The summed E-state index contributed by atoms with van der Waals surface area (Å²) in [4.78, 5) is 2.36. The third-order valence-electron chi connectivity index (χ3n) is 3.05. The molecule has 0 aliphatic carbocycles. The highest BCUT2D eigenvalue weighted by atomic mass is 32.2. The Kier molecular flexibility index (Phi) is 4.08. The van der Waals surface area contributed by atoms with Crippen LogP contribution in [-0.2, 0) is 10.0 Å². The van der Waals surface area contributed by atoms with Crippen LogP contribution in [0.3, 0.4) is 0 Å². The molecule has 0 saturated carbocycles. The summed E-state index contributed by atoms with van der Waals surface area (Å²) in [5, 5.41) is 7.97. The first-order valence-corrected chi connectivity index (χ1v) is 7.85. The molecule has 5 nitrogen and oxygen atoms in total. The van der Waals surface area contributed by atoms with Crippen molar-refractivity contribution in [1.29, 1.82) is 0 Å². The van der Waals surface area contributed by atoms with E-state index in [0.29, 0.717) is 6.54 Å². The largest absolute Gasteiger partial charge is 0.384 e. The van der Waals surface area contributed by atoms with Crippen molar-refractivity contribution in [2.75, 3.05) is 35.6 Å². The molecule has 0 radical (unpaired) electrons. The van der Waals surface area contributed by atoms with Crippen molar-refractivity contribution in [3.05, 3.63) is 24.3 Å². The third kappa shape index (κ3) is 3.89. The quantitative estimate of drug-likeness (QED) is 0.836. The van der Waals surface area contributed by atoms with Gasteiger partial charge in [0.05, 0.1) is 5.75 Å². The maximum absolute atomic E-state index is 10.8. The summed E-state index contributed by atoms with van der Waals surface area (Å²) in [5.41, 5.74) is 2.14. The first-order valence-electron chi connectivity index (χ1n) is 6.14. The van der Waals surface area contributed by atoms with Crippen molar-refractivity contribution < 1.29 is 8.42 Å². The molecule has 0 bridgehead atoms. The van der Waals surface area contributed by atoms with Crippen molar-refractivity contribution >= 4 is 21.4 Å². The van der Waals surface area contributed by atoms with E-state index in [1.54, 1.807) is 0 Å². The fraction of sp³-hybridized carbons (Fsp3) is 0.500. The highest BCUT2D eigenvalue weighted by molar-refractivity contribution is 7.89. The van der Waals surface area contributed by atoms with Gasteiger partial charge in [-0.1, -0.05) is 0 Å². The monoisotopic (exact) mass is 269 g/mol. The van der Waals surface area contributed by atoms with Crippen LogP contribution in [0.15, 0.2) is 24.3 Å². The highest BCUT2D eigenvalue weighted by Gasteiger charge is 2.11. The summed E-state index contributed by atoms with van der Waals surface area (Å²) in [6, 6.07) is 8.06. The number of benzene rings is 1. The number of hydrogen-bond acceptors (Lipinski definition) is 4. The maximum atomic E-state index is 10.8. The SMILES string of the molecule is NS(=O)(=O)CCNc1ccc(N2CCCC2)cc1. The lowest BCUT2D eigenvalue weighted by molar-refractivity contribution is 0.598. The topological polar surface area (TPSA) is 75.4 Å². The van der Waals surface area contributed by atoms with Gasteiger partial charge >= 0.3 is 0 Å². The zero-order valence-corrected chi connectivity index (χ0v) is 11.1. The lowest BCUT2D eigenvalue weighted by Crippen LogP contribution is -2.22. The smallest absolute Gasteiger partial charge is 0.210 e. The summed E-state index contributed by atoms with van der Waals surface area (Å²) in [5.74, 6) is -0.0547. The van der Waals surface area contributed by atoms with Crippen LogP contribution in [0.25, 0.3) is 0 Å². The standard InChI is InChI=1S/C12H19N3O2S/c13-18(16,17)10-7-14-11-3-5-12(6-4-11)15-8-1-2-9-15/h3-6,14H,1-2,7-10H2,(H2,13,16,17). The molecule has 3 N–H and O–H groups in total. The van der Waals surface area contributed by atoms with Crippen molar-refractivity contribution in [2.24, 2.45) is 5.14 Å². The molecule has 0 atom stereocenters. The van der Waals surface area contributed by atoms with Crippen molar-refractivity contribution in [2.45, 2.75) is 12.8 Å². The molecular formula is C12H19N3O2S. The Labute approximate surface area is 108 Å². The molecule has 2 rings (SSSR count). The molecule has 0 spiro atoms. The lowest BCUT2D eigenvalue weighted by Gasteiger charge is -2.17. The fourth-order valence-electron chi connectivity index (χ4n) is 2.10. The summed E-state index contributed by atoms with van der Waals surface area (Å²) in [6.45, 7) is 2.58. The van der Waals surface area contributed by atoms with Gasteiger partial charge < -0.3 is 10.2 Å². The minimum Gasteiger partial charge on any atom is -0.384 e. The zero-order chi connectivity index (χ0) is 13.0. The minimum absolute atomic E-state index is 0.0547. The average molecular weight is 269 g/mol. The van der Waals surface area contributed by atoms with Crippen LogP contribution in [0.5, 0.6) is 0 Å². The summed E-state index contributed by atoms with van der Waals surface area (Å²) >= 11 is 0. The van der Waals surface area contributed by atoms with Gasteiger partial charge in [-0.25, -0.2) is 13.6 Å². The number of nitrogens with zero attached hydrogens (tertiary/aromatic N) is 1. The minimum atomic E-state index is -3.39. The first-order chi connectivity index (χ1) is 8.54. The van der Waals surface area contributed by atoms with E-state index in [0.717, 1.165) is 18.8 Å². The summed E-state index contributed by atoms with van der Waals surface area (Å²) in [7, 11) is -3.39. The molecule has 1 aliphatic heterocycles. The van der Waals surface area contributed by atoms with Crippen LogP contribution < -0.4 is 15.4 Å². The normalized spacial score (nSPS) is 15.9. The van der Waals surface area contributed by atoms with Gasteiger partial charge in [0, 0.05) is 31.0 Å². The second kappa shape index (κ2) is 5.58. The molecule has 1 aromatic rings. The molecule has 1 heterocycles. The number of rotatable bonds is 5. The second-order valence-corrected chi connectivity index (χ2v) is 6.27. The van der Waals surface area contributed by atoms with Crippen LogP contribution in [-0.4, -0.2) is 33.8 Å². The number of primary sulfonamides is 1. The number of hydrogen-bond donors (Lipinski definition) is 2. The Balaban J connectivity index is 1.87. The zero-order valence-electron chi connectivity index (χ0n) is 10.3. The second-order valence-electron chi connectivity index (χ2n) is 4.53. The number of sulfonamides is 1. The molecule has 0 aromatic heterocycles. The van der Waals surface area contributed by atoms with Gasteiger partial charge in [-0.2, -0.15) is 0 Å². The fourth-order valence-corrected chi connectivity index (χ4v) is 2.49. The number of anilines is 2. The summed E-state index contributed by atoms with van der Waals surface area (Å²) < 4.78 is 21.6. The van der Waals surface area contributed by atoms with E-state index in [1.165, 1.54) is 18.5 Å². The molecule has 100 valence electrons. The molecule has 1 aliphatic rings. The van der Waals surface area contributed by atoms with Crippen molar-refractivity contribution in [3.8, 4) is 0 Å². The molecular weight excluding hydrogens is 250 g/mol. The van der Waals surface area contributed by atoms with E-state index in [4.69, 9.17) is 5.14 Å². The van der Waals surface area contributed by atoms with Crippen LogP contribution in [0.1, 0.15) is 12.8 Å². The molecule has 6 heteroatoms. The van der Waals surface area contributed by atoms with E-state index in [-0.39, 0.29) is 5.75 Å². The van der Waals surface area contributed by atoms with Gasteiger partial charge in [0.15, 0.2) is 0 Å².